The molecule has 0 aliphatic heterocycles. The van der Waals surface area contributed by atoms with E-state index >= 15 is 0 Å². The first-order valence-electron chi connectivity index (χ1n) is 14.1. The highest BCUT2D eigenvalue weighted by Crippen LogP contribution is 2.19. The van der Waals surface area contributed by atoms with Gasteiger partial charge in [0.1, 0.15) is 29.0 Å². The number of aryl methyl sites for hydroxylation is 1. The Labute approximate surface area is 249 Å². The minimum absolute atomic E-state index is 0.217. The van der Waals surface area contributed by atoms with Crippen molar-refractivity contribution in [1.29, 1.82) is 0 Å². The molecule has 8 nitrogen and oxygen atoms in total. The third-order valence-electron chi connectivity index (χ3n) is 5.82. The first-order chi connectivity index (χ1) is 19.3. The molecule has 226 valence electrons. The summed E-state index contributed by atoms with van der Waals surface area (Å²) < 4.78 is 11.3. The summed E-state index contributed by atoms with van der Waals surface area (Å²) >= 11 is 1.60. The van der Waals surface area contributed by atoms with Gasteiger partial charge in [-0.3, -0.25) is 9.59 Å². The molecule has 0 bridgehead atoms. The molecule has 2 rings (SSSR count). The standard InChI is InChI=1S/C32H47N3O5S/c1-31(2,3)39-25-17-15-24(16-18-25)22-27(35-30(38)40-32(4,5)6)29(37)34-26(19-21-41-7)28(36)33-20-11-14-23-12-9-8-10-13-23/h8-10,12-13,15-18,26-27H,11,14,19-22H2,1-7H3,(H,33,36)(H,34,37)(H,35,38)/t26-,27+/m1/s1. The molecule has 2 aromatic carbocycles. The van der Waals surface area contributed by atoms with Crippen LogP contribution >= 0.6 is 11.8 Å². The summed E-state index contributed by atoms with van der Waals surface area (Å²) in [4.78, 5) is 39.2. The van der Waals surface area contributed by atoms with Crippen molar-refractivity contribution in [3.8, 4) is 5.75 Å². The highest BCUT2D eigenvalue weighted by molar-refractivity contribution is 7.98. The smallest absolute Gasteiger partial charge is 0.408 e. The number of rotatable bonds is 14. The number of carbonyl (C=O) groups is 3. The summed E-state index contributed by atoms with van der Waals surface area (Å²) in [5.74, 6) is 0.724. The van der Waals surface area contributed by atoms with Crippen LogP contribution in [0.3, 0.4) is 0 Å². The van der Waals surface area contributed by atoms with Crippen molar-refractivity contribution in [2.45, 2.75) is 90.5 Å². The molecule has 41 heavy (non-hydrogen) atoms. The number of amides is 3. The second-order valence-corrected chi connectivity index (χ2v) is 13.0. The zero-order valence-corrected chi connectivity index (χ0v) is 26.4. The van der Waals surface area contributed by atoms with Gasteiger partial charge in [0.15, 0.2) is 0 Å². The normalized spacial score (nSPS) is 13.0. The third kappa shape index (κ3) is 14.3. The van der Waals surface area contributed by atoms with Crippen LogP contribution in [0, 0.1) is 0 Å². The number of carbonyl (C=O) groups excluding carboxylic acids is 3. The van der Waals surface area contributed by atoms with Gasteiger partial charge in [-0.15, -0.1) is 0 Å². The molecule has 2 atom stereocenters. The van der Waals surface area contributed by atoms with E-state index in [0.717, 1.165) is 18.4 Å². The van der Waals surface area contributed by atoms with Crippen molar-refractivity contribution in [1.82, 2.24) is 16.0 Å². The van der Waals surface area contributed by atoms with Crippen LogP contribution < -0.4 is 20.7 Å². The van der Waals surface area contributed by atoms with Gasteiger partial charge < -0.3 is 25.4 Å². The Morgan fingerprint density at radius 2 is 1.46 bits per heavy atom. The molecule has 0 heterocycles. The maximum Gasteiger partial charge on any atom is 0.408 e. The molecule has 0 aliphatic rings. The molecule has 0 saturated heterocycles. The fourth-order valence-corrected chi connectivity index (χ4v) is 4.46. The number of thioether (sulfide) groups is 1. The largest absolute Gasteiger partial charge is 0.488 e. The molecular formula is C32H47N3O5S. The van der Waals surface area contributed by atoms with E-state index in [0.29, 0.717) is 24.5 Å². The quantitative estimate of drug-likeness (QED) is 0.260. The zero-order chi connectivity index (χ0) is 30.5. The van der Waals surface area contributed by atoms with E-state index in [1.165, 1.54) is 5.56 Å². The van der Waals surface area contributed by atoms with Gasteiger partial charge in [-0.2, -0.15) is 11.8 Å². The molecule has 2 aromatic rings. The predicted molar refractivity (Wildman–Crippen MR) is 166 cm³/mol. The zero-order valence-electron chi connectivity index (χ0n) is 25.5. The van der Waals surface area contributed by atoms with Crippen LogP contribution in [0.25, 0.3) is 0 Å². The van der Waals surface area contributed by atoms with Crippen molar-refractivity contribution < 1.29 is 23.9 Å². The topological polar surface area (TPSA) is 106 Å². The molecule has 0 fully saturated rings. The van der Waals surface area contributed by atoms with Crippen molar-refractivity contribution in [2.24, 2.45) is 0 Å². The monoisotopic (exact) mass is 585 g/mol. The molecule has 3 amide bonds. The van der Waals surface area contributed by atoms with Crippen molar-refractivity contribution >= 4 is 29.7 Å². The summed E-state index contributed by atoms with van der Waals surface area (Å²) in [6.45, 7) is 11.7. The van der Waals surface area contributed by atoms with Gasteiger partial charge in [0, 0.05) is 13.0 Å². The fourth-order valence-electron chi connectivity index (χ4n) is 3.99. The molecule has 3 N–H and O–H groups in total. The first kappa shape index (κ1) is 34.0. The van der Waals surface area contributed by atoms with Crippen LogP contribution in [0.15, 0.2) is 54.6 Å². The second kappa shape index (κ2) is 16.3. The van der Waals surface area contributed by atoms with Crippen LogP contribution in [-0.2, 0) is 27.2 Å². The van der Waals surface area contributed by atoms with Crippen molar-refractivity contribution in [2.75, 3.05) is 18.6 Å². The number of nitrogens with one attached hydrogen (secondary N) is 3. The van der Waals surface area contributed by atoms with E-state index in [1.54, 1.807) is 32.5 Å². The van der Waals surface area contributed by atoms with E-state index in [4.69, 9.17) is 9.47 Å². The summed E-state index contributed by atoms with van der Waals surface area (Å²) in [7, 11) is 0. The SMILES string of the molecule is CSCC[C@@H](NC(=O)[C@H](Cc1ccc(OC(C)(C)C)cc1)NC(=O)OC(C)(C)C)C(=O)NCCCc1ccccc1. The van der Waals surface area contributed by atoms with Gasteiger partial charge in [-0.05, 0) is 96.1 Å². The van der Waals surface area contributed by atoms with Crippen LogP contribution in [0.2, 0.25) is 0 Å². The lowest BCUT2D eigenvalue weighted by atomic mass is 10.0. The molecule has 0 radical (unpaired) electrons. The van der Waals surface area contributed by atoms with Crippen LogP contribution in [0.4, 0.5) is 4.79 Å². The summed E-state index contributed by atoms with van der Waals surface area (Å²) in [5, 5.41) is 8.55. The Balaban J connectivity index is 2.10. The Hall–Kier alpha value is -3.20. The molecular weight excluding hydrogens is 538 g/mol. The molecule has 0 saturated carbocycles. The third-order valence-corrected chi connectivity index (χ3v) is 6.47. The summed E-state index contributed by atoms with van der Waals surface area (Å²) in [6.07, 6.45) is 3.58. The second-order valence-electron chi connectivity index (χ2n) is 12.0. The van der Waals surface area contributed by atoms with Crippen LogP contribution in [0.5, 0.6) is 5.75 Å². The Morgan fingerprint density at radius 1 is 0.805 bits per heavy atom. The Kier molecular flexibility index (Phi) is 13.5. The molecule has 0 spiro atoms. The minimum atomic E-state index is -0.943. The number of benzene rings is 2. The maximum absolute atomic E-state index is 13.5. The van der Waals surface area contributed by atoms with E-state index in [9.17, 15) is 14.4 Å². The lowest BCUT2D eigenvalue weighted by Gasteiger charge is -2.25. The van der Waals surface area contributed by atoms with E-state index in [2.05, 4.69) is 28.1 Å². The predicted octanol–water partition coefficient (Wildman–Crippen LogP) is 5.29. The highest BCUT2D eigenvalue weighted by atomic mass is 32.2. The van der Waals surface area contributed by atoms with Gasteiger partial charge >= 0.3 is 6.09 Å². The average molecular weight is 586 g/mol. The average Bonchev–Trinajstić information content (AvgIpc) is 2.88. The molecule has 0 aliphatic carbocycles. The van der Waals surface area contributed by atoms with Gasteiger partial charge in [-0.1, -0.05) is 42.5 Å². The van der Waals surface area contributed by atoms with Crippen molar-refractivity contribution in [3.63, 3.8) is 0 Å². The van der Waals surface area contributed by atoms with Crippen LogP contribution in [0.1, 0.15) is 65.5 Å². The van der Waals surface area contributed by atoms with E-state index < -0.39 is 29.7 Å². The van der Waals surface area contributed by atoms with E-state index in [1.807, 2.05) is 69.5 Å². The Morgan fingerprint density at radius 3 is 2.05 bits per heavy atom. The maximum atomic E-state index is 13.5. The van der Waals surface area contributed by atoms with Gasteiger partial charge in [0.05, 0.1) is 0 Å². The number of hydrogen-bond donors (Lipinski definition) is 3. The van der Waals surface area contributed by atoms with Crippen molar-refractivity contribution in [3.05, 3.63) is 65.7 Å². The minimum Gasteiger partial charge on any atom is -0.488 e. The molecule has 9 heteroatoms. The molecule has 0 unspecified atom stereocenters. The molecule has 0 aromatic heterocycles. The highest BCUT2D eigenvalue weighted by Gasteiger charge is 2.28. The summed E-state index contributed by atoms with van der Waals surface area (Å²) in [5.41, 5.74) is 0.977. The van der Waals surface area contributed by atoms with Crippen LogP contribution in [-0.4, -0.2) is 59.7 Å². The van der Waals surface area contributed by atoms with Gasteiger partial charge in [-0.25, -0.2) is 4.79 Å². The lowest BCUT2D eigenvalue weighted by molar-refractivity contribution is -0.130. The Bertz CT molecular complexity index is 1100. The summed E-state index contributed by atoms with van der Waals surface area (Å²) in [6, 6.07) is 15.8. The van der Waals surface area contributed by atoms with Gasteiger partial charge in [0.25, 0.3) is 0 Å². The van der Waals surface area contributed by atoms with Gasteiger partial charge in [0.2, 0.25) is 11.8 Å². The van der Waals surface area contributed by atoms with E-state index in [-0.39, 0.29) is 17.9 Å². The number of ether oxygens (including phenoxy) is 2. The number of hydrogen-bond acceptors (Lipinski definition) is 6. The first-order valence-corrected chi connectivity index (χ1v) is 15.5. The lowest BCUT2D eigenvalue weighted by Crippen LogP contribution is -2.55. The fraction of sp³-hybridized carbons (Fsp3) is 0.531. The number of alkyl carbamates (subject to hydrolysis) is 1.